The Kier molecular flexibility index (Phi) is 7.83. The van der Waals surface area contributed by atoms with Crippen molar-refractivity contribution >= 4 is 0 Å². The summed E-state index contributed by atoms with van der Waals surface area (Å²) in [5, 5.41) is 9.24. The van der Waals surface area contributed by atoms with Crippen LogP contribution < -0.4 is 0 Å². The molecular weight excluding hydrogens is 342 g/mol. The lowest BCUT2D eigenvalue weighted by Gasteiger charge is -2.34. The topological polar surface area (TPSA) is 62.0 Å². The summed E-state index contributed by atoms with van der Waals surface area (Å²) in [7, 11) is 1.76. The second-order valence-electron chi connectivity index (χ2n) is 7.33. The molecule has 2 aromatic heterocycles. The van der Waals surface area contributed by atoms with E-state index in [1.54, 1.807) is 7.11 Å². The van der Waals surface area contributed by atoms with E-state index in [9.17, 15) is 5.11 Å². The number of hydrogen-bond acceptors (Lipinski definition) is 6. The smallest absolute Gasteiger partial charge is 0.129 e. The van der Waals surface area contributed by atoms with Gasteiger partial charge in [0, 0.05) is 39.1 Å². The van der Waals surface area contributed by atoms with Gasteiger partial charge in [0.05, 0.1) is 13.2 Å². The van der Waals surface area contributed by atoms with Gasteiger partial charge in [-0.2, -0.15) is 0 Å². The molecule has 3 rings (SSSR count). The van der Waals surface area contributed by atoms with Crippen molar-refractivity contribution in [2.75, 3.05) is 39.9 Å². The number of aliphatic hydroxyl groups excluding tert-OH is 1. The quantitative estimate of drug-likeness (QED) is 0.691. The van der Waals surface area contributed by atoms with E-state index in [0.717, 1.165) is 51.6 Å². The highest BCUT2D eigenvalue weighted by Crippen LogP contribution is 2.21. The third-order valence-electron chi connectivity index (χ3n) is 5.24. The second kappa shape index (κ2) is 10.6. The van der Waals surface area contributed by atoms with E-state index in [-0.39, 0.29) is 6.61 Å². The van der Waals surface area contributed by atoms with Gasteiger partial charge in [-0.1, -0.05) is 0 Å². The van der Waals surface area contributed by atoms with Crippen LogP contribution in [0, 0.1) is 5.92 Å². The van der Waals surface area contributed by atoms with E-state index in [0.29, 0.717) is 11.7 Å². The first-order chi connectivity index (χ1) is 13.3. The van der Waals surface area contributed by atoms with Crippen LogP contribution in [0.3, 0.4) is 0 Å². The van der Waals surface area contributed by atoms with Crippen LogP contribution in [0.2, 0.25) is 0 Å². The average molecular weight is 373 g/mol. The Morgan fingerprint density at radius 3 is 2.56 bits per heavy atom. The Labute approximate surface area is 161 Å². The van der Waals surface area contributed by atoms with Crippen molar-refractivity contribution in [1.29, 1.82) is 0 Å². The van der Waals surface area contributed by atoms with Gasteiger partial charge in [-0.25, -0.2) is 0 Å². The lowest BCUT2D eigenvalue weighted by atomic mass is 9.96. The Bertz CT molecular complexity index is 654. The minimum absolute atomic E-state index is 0.0513. The maximum Gasteiger partial charge on any atom is 0.129 e. The highest BCUT2D eigenvalue weighted by molar-refractivity contribution is 5.11. The molecule has 3 heterocycles. The van der Waals surface area contributed by atoms with Crippen molar-refractivity contribution in [2.24, 2.45) is 5.92 Å². The van der Waals surface area contributed by atoms with Crippen LogP contribution in [0.1, 0.15) is 29.9 Å². The Morgan fingerprint density at radius 1 is 1.15 bits per heavy atom. The predicted molar refractivity (Wildman–Crippen MR) is 104 cm³/mol. The van der Waals surface area contributed by atoms with Crippen LogP contribution in [-0.4, -0.2) is 59.8 Å². The van der Waals surface area contributed by atoms with Crippen LogP contribution in [0.5, 0.6) is 0 Å². The Morgan fingerprint density at radius 2 is 1.89 bits per heavy atom. The minimum Gasteiger partial charge on any atom is -0.462 e. The number of nitrogens with zero attached hydrogens (tertiary/aromatic N) is 3. The molecule has 1 N–H and O–H groups in total. The standard InChI is InChI=1S/C21H31N3O3/c1-26-13-12-23-10-6-19(7-11-23)15-24(14-18-4-8-22-9-5-18)16-20-2-3-21(17-25)27-20/h2-5,8-9,19,25H,6-7,10-17H2,1H3. The fraction of sp³-hybridized carbons (Fsp3) is 0.571. The fourth-order valence-electron chi connectivity index (χ4n) is 3.72. The van der Waals surface area contributed by atoms with E-state index in [1.807, 2.05) is 24.5 Å². The number of aromatic nitrogens is 1. The molecule has 148 valence electrons. The highest BCUT2D eigenvalue weighted by atomic mass is 16.5. The monoisotopic (exact) mass is 373 g/mol. The van der Waals surface area contributed by atoms with Crippen LogP contribution in [0.25, 0.3) is 0 Å². The summed E-state index contributed by atoms with van der Waals surface area (Å²) in [6.45, 7) is 6.76. The summed E-state index contributed by atoms with van der Waals surface area (Å²) in [6.07, 6.45) is 6.13. The fourth-order valence-corrected chi connectivity index (χ4v) is 3.72. The van der Waals surface area contributed by atoms with Crippen molar-refractivity contribution in [3.63, 3.8) is 0 Å². The van der Waals surface area contributed by atoms with Crippen molar-refractivity contribution in [3.8, 4) is 0 Å². The van der Waals surface area contributed by atoms with Gasteiger partial charge in [0.2, 0.25) is 0 Å². The van der Waals surface area contributed by atoms with Crippen molar-refractivity contribution in [1.82, 2.24) is 14.8 Å². The van der Waals surface area contributed by atoms with Gasteiger partial charge in [0.1, 0.15) is 18.1 Å². The molecule has 0 radical (unpaired) electrons. The number of hydrogen-bond donors (Lipinski definition) is 1. The molecule has 6 heteroatoms. The normalized spacial score (nSPS) is 16.3. The SMILES string of the molecule is COCCN1CCC(CN(Cc2ccncc2)Cc2ccc(CO)o2)CC1. The lowest BCUT2D eigenvalue weighted by molar-refractivity contribution is 0.101. The van der Waals surface area contributed by atoms with E-state index in [4.69, 9.17) is 9.15 Å². The summed E-state index contributed by atoms with van der Waals surface area (Å²) < 4.78 is 10.9. The van der Waals surface area contributed by atoms with Gasteiger partial charge in [-0.15, -0.1) is 0 Å². The zero-order valence-corrected chi connectivity index (χ0v) is 16.2. The molecule has 1 fully saturated rings. The molecule has 0 unspecified atom stereocenters. The summed E-state index contributed by atoms with van der Waals surface area (Å²) in [6, 6.07) is 7.97. The molecule has 2 aromatic rings. The van der Waals surface area contributed by atoms with E-state index in [2.05, 4.69) is 26.9 Å². The number of rotatable bonds is 10. The number of furan rings is 1. The molecule has 0 saturated carbocycles. The largest absolute Gasteiger partial charge is 0.462 e. The Balaban J connectivity index is 1.58. The van der Waals surface area contributed by atoms with Gasteiger partial charge < -0.3 is 19.2 Å². The first-order valence-electron chi connectivity index (χ1n) is 9.78. The molecule has 1 saturated heterocycles. The molecule has 0 amide bonds. The number of methoxy groups -OCH3 is 1. The second-order valence-corrected chi connectivity index (χ2v) is 7.33. The third-order valence-corrected chi connectivity index (χ3v) is 5.24. The molecule has 6 nitrogen and oxygen atoms in total. The third kappa shape index (κ3) is 6.43. The molecule has 0 atom stereocenters. The van der Waals surface area contributed by atoms with Crippen molar-refractivity contribution in [3.05, 3.63) is 53.7 Å². The number of likely N-dealkylation sites (tertiary alicyclic amines) is 1. The number of ether oxygens (including phenoxy) is 1. The van der Waals surface area contributed by atoms with Gasteiger partial charge in [-0.3, -0.25) is 9.88 Å². The summed E-state index contributed by atoms with van der Waals surface area (Å²) in [4.78, 5) is 9.06. The zero-order chi connectivity index (χ0) is 18.9. The van der Waals surface area contributed by atoms with Crippen LogP contribution in [-0.2, 0) is 24.4 Å². The van der Waals surface area contributed by atoms with Crippen molar-refractivity contribution in [2.45, 2.75) is 32.5 Å². The predicted octanol–water partition coefficient (Wildman–Crippen LogP) is 2.53. The van der Waals surface area contributed by atoms with Gasteiger partial charge >= 0.3 is 0 Å². The van der Waals surface area contributed by atoms with Gasteiger partial charge in [-0.05, 0) is 61.7 Å². The maximum absolute atomic E-state index is 9.24. The summed E-state index contributed by atoms with van der Waals surface area (Å²) in [5.74, 6) is 2.23. The Hall–Kier alpha value is -1.73. The van der Waals surface area contributed by atoms with E-state index >= 15 is 0 Å². The molecule has 0 aliphatic carbocycles. The van der Waals surface area contributed by atoms with E-state index in [1.165, 1.54) is 18.4 Å². The molecule has 27 heavy (non-hydrogen) atoms. The van der Waals surface area contributed by atoms with Crippen LogP contribution in [0.15, 0.2) is 41.1 Å². The molecule has 0 bridgehead atoms. The summed E-state index contributed by atoms with van der Waals surface area (Å²) in [5.41, 5.74) is 1.26. The number of aliphatic hydroxyl groups is 1. The minimum atomic E-state index is -0.0513. The molecular formula is C21H31N3O3. The van der Waals surface area contributed by atoms with Crippen LogP contribution >= 0.6 is 0 Å². The maximum atomic E-state index is 9.24. The lowest BCUT2D eigenvalue weighted by Crippen LogP contribution is -2.39. The molecule has 0 aromatic carbocycles. The van der Waals surface area contributed by atoms with Gasteiger partial charge in [0.25, 0.3) is 0 Å². The molecule has 1 aliphatic rings. The average Bonchev–Trinajstić information content (AvgIpc) is 3.16. The molecule has 0 spiro atoms. The van der Waals surface area contributed by atoms with Crippen LogP contribution in [0.4, 0.5) is 0 Å². The zero-order valence-electron chi connectivity index (χ0n) is 16.2. The number of pyridine rings is 1. The van der Waals surface area contributed by atoms with Crippen molar-refractivity contribution < 1.29 is 14.3 Å². The summed E-state index contributed by atoms with van der Waals surface area (Å²) >= 11 is 0. The highest BCUT2D eigenvalue weighted by Gasteiger charge is 2.22. The number of piperidine rings is 1. The first kappa shape index (κ1) is 20.0. The van der Waals surface area contributed by atoms with E-state index < -0.39 is 0 Å². The van der Waals surface area contributed by atoms with Gasteiger partial charge in [0.15, 0.2) is 0 Å². The first-order valence-corrected chi connectivity index (χ1v) is 9.78. The molecule has 1 aliphatic heterocycles.